The lowest BCUT2D eigenvalue weighted by Gasteiger charge is -2.41. The Morgan fingerprint density at radius 2 is 1.94 bits per heavy atom. The van der Waals surface area contributed by atoms with Gasteiger partial charge in [0, 0.05) is 18.4 Å². The van der Waals surface area contributed by atoms with Crippen molar-refractivity contribution in [2.45, 2.75) is 40.2 Å². The highest BCUT2D eigenvalue weighted by Crippen LogP contribution is 2.53. The molecule has 0 bridgehead atoms. The minimum atomic E-state index is 0.135. The summed E-state index contributed by atoms with van der Waals surface area (Å²) in [6.07, 6.45) is 4.93. The molecule has 1 aromatic heterocycles. The van der Waals surface area contributed by atoms with E-state index in [0.29, 0.717) is 11.8 Å². The number of rotatable bonds is 2. The Bertz CT molecular complexity index is 374. The molecule has 2 N–H and O–H groups in total. The molecule has 0 radical (unpaired) electrons. The van der Waals surface area contributed by atoms with Crippen LogP contribution >= 0.6 is 0 Å². The maximum absolute atomic E-state index is 6.49. The summed E-state index contributed by atoms with van der Waals surface area (Å²) in [7, 11) is 0. The van der Waals surface area contributed by atoms with E-state index in [0.717, 1.165) is 6.42 Å². The molecule has 1 atom stereocenters. The van der Waals surface area contributed by atoms with Crippen LogP contribution in [0, 0.1) is 17.3 Å². The van der Waals surface area contributed by atoms with Crippen molar-refractivity contribution >= 4 is 0 Å². The lowest BCUT2D eigenvalue weighted by atomic mass is 9.64. The van der Waals surface area contributed by atoms with Crippen LogP contribution in [-0.2, 0) is 6.42 Å². The molecule has 0 amide bonds. The zero-order valence-electron chi connectivity index (χ0n) is 10.7. The van der Waals surface area contributed by atoms with Crippen molar-refractivity contribution in [2.24, 2.45) is 23.0 Å². The van der Waals surface area contributed by atoms with Gasteiger partial charge in [0.1, 0.15) is 0 Å². The van der Waals surface area contributed by atoms with Crippen LogP contribution in [0.25, 0.3) is 0 Å². The summed E-state index contributed by atoms with van der Waals surface area (Å²) < 4.78 is 0. The molecular formula is C14H22N2. The second kappa shape index (κ2) is 3.85. The highest BCUT2D eigenvalue weighted by atomic mass is 14.8. The predicted molar refractivity (Wildman–Crippen MR) is 67.0 cm³/mol. The number of aromatic nitrogens is 1. The van der Waals surface area contributed by atoms with E-state index in [-0.39, 0.29) is 11.5 Å². The van der Waals surface area contributed by atoms with Gasteiger partial charge in [-0.3, -0.25) is 4.98 Å². The van der Waals surface area contributed by atoms with Gasteiger partial charge in [0.15, 0.2) is 0 Å². The van der Waals surface area contributed by atoms with Gasteiger partial charge >= 0.3 is 0 Å². The Morgan fingerprint density at radius 1 is 1.31 bits per heavy atom. The quantitative estimate of drug-likeness (QED) is 0.829. The first-order chi connectivity index (χ1) is 7.50. The maximum Gasteiger partial charge on any atom is 0.0378 e. The van der Waals surface area contributed by atoms with E-state index in [4.69, 9.17) is 5.73 Å². The number of pyridine rings is 1. The van der Waals surface area contributed by atoms with Crippen molar-refractivity contribution in [2.75, 3.05) is 0 Å². The minimum Gasteiger partial charge on any atom is -0.323 e. The molecule has 0 fully saturated rings. The van der Waals surface area contributed by atoms with Crippen LogP contribution in [0.4, 0.5) is 0 Å². The van der Waals surface area contributed by atoms with Crippen molar-refractivity contribution in [3.63, 3.8) is 0 Å². The molecule has 1 aliphatic carbocycles. The molecule has 0 saturated carbocycles. The van der Waals surface area contributed by atoms with E-state index in [1.165, 1.54) is 11.1 Å². The van der Waals surface area contributed by atoms with Gasteiger partial charge in [-0.05, 0) is 40.9 Å². The van der Waals surface area contributed by atoms with Crippen LogP contribution in [0.3, 0.4) is 0 Å². The molecule has 1 aromatic rings. The molecule has 88 valence electrons. The molecule has 0 aliphatic heterocycles. The first-order valence-corrected chi connectivity index (χ1v) is 6.18. The summed E-state index contributed by atoms with van der Waals surface area (Å²) in [5, 5.41) is 0. The number of nitrogens with zero attached hydrogens (tertiary/aromatic N) is 1. The number of hydrogen-bond acceptors (Lipinski definition) is 2. The highest BCUT2D eigenvalue weighted by Gasteiger charge is 2.48. The monoisotopic (exact) mass is 218 g/mol. The predicted octanol–water partition coefficient (Wildman–Crippen LogP) is 2.94. The number of hydrogen-bond donors (Lipinski definition) is 1. The van der Waals surface area contributed by atoms with Crippen molar-refractivity contribution in [3.8, 4) is 0 Å². The van der Waals surface area contributed by atoms with E-state index in [1.807, 2.05) is 12.4 Å². The van der Waals surface area contributed by atoms with Gasteiger partial charge in [0.05, 0.1) is 0 Å². The van der Waals surface area contributed by atoms with E-state index >= 15 is 0 Å². The van der Waals surface area contributed by atoms with Crippen LogP contribution in [0.2, 0.25) is 0 Å². The van der Waals surface area contributed by atoms with E-state index < -0.39 is 0 Å². The third-order valence-corrected chi connectivity index (χ3v) is 4.51. The van der Waals surface area contributed by atoms with Crippen molar-refractivity contribution in [3.05, 3.63) is 29.6 Å². The van der Waals surface area contributed by atoms with E-state index in [2.05, 4.69) is 38.7 Å². The van der Waals surface area contributed by atoms with Crippen molar-refractivity contribution in [1.29, 1.82) is 0 Å². The third kappa shape index (κ3) is 1.40. The molecule has 2 nitrogen and oxygen atoms in total. The Morgan fingerprint density at radius 3 is 2.44 bits per heavy atom. The summed E-state index contributed by atoms with van der Waals surface area (Å²) in [5.41, 5.74) is 9.34. The lowest BCUT2D eigenvalue weighted by molar-refractivity contribution is 0.0896. The molecular weight excluding hydrogens is 196 g/mol. The fraction of sp³-hybridized carbons (Fsp3) is 0.643. The maximum atomic E-state index is 6.49. The van der Waals surface area contributed by atoms with E-state index in [9.17, 15) is 0 Å². The molecule has 0 spiro atoms. The summed E-state index contributed by atoms with van der Waals surface area (Å²) in [5.74, 6) is 1.18. The third-order valence-electron chi connectivity index (χ3n) is 4.51. The molecule has 0 unspecified atom stereocenters. The minimum absolute atomic E-state index is 0.135. The standard InChI is InChI=1S/C14H22N2/c1-9(2)14(10(3)4)7-11-5-6-16-8-12(11)13(14)15/h5-6,8-10,13H,7,15H2,1-4H3/t13-/m1/s1. The van der Waals surface area contributed by atoms with Crippen LogP contribution in [0.15, 0.2) is 18.5 Å². The highest BCUT2D eigenvalue weighted by molar-refractivity contribution is 5.36. The molecule has 16 heavy (non-hydrogen) atoms. The molecule has 1 heterocycles. The summed E-state index contributed by atoms with van der Waals surface area (Å²) >= 11 is 0. The van der Waals surface area contributed by atoms with Crippen LogP contribution in [0.5, 0.6) is 0 Å². The van der Waals surface area contributed by atoms with Gasteiger partial charge in [-0.25, -0.2) is 0 Å². The molecule has 1 aliphatic rings. The zero-order valence-corrected chi connectivity index (χ0v) is 10.7. The topological polar surface area (TPSA) is 38.9 Å². The fourth-order valence-electron chi connectivity index (χ4n) is 3.40. The average molecular weight is 218 g/mol. The van der Waals surface area contributed by atoms with Gasteiger partial charge in [0.2, 0.25) is 0 Å². The normalized spacial score (nSPS) is 22.8. The summed E-state index contributed by atoms with van der Waals surface area (Å²) in [6, 6.07) is 2.26. The molecule has 2 rings (SSSR count). The van der Waals surface area contributed by atoms with Gasteiger partial charge in [0.25, 0.3) is 0 Å². The Kier molecular flexibility index (Phi) is 2.79. The van der Waals surface area contributed by atoms with Gasteiger partial charge in [-0.15, -0.1) is 0 Å². The smallest absolute Gasteiger partial charge is 0.0378 e. The number of nitrogens with two attached hydrogens (primary N) is 1. The lowest BCUT2D eigenvalue weighted by Crippen LogP contribution is -2.41. The van der Waals surface area contributed by atoms with E-state index in [1.54, 1.807) is 0 Å². The summed E-state index contributed by atoms with van der Waals surface area (Å²) in [4.78, 5) is 4.21. The first-order valence-electron chi connectivity index (χ1n) is 6.18. The van der Waals surface area contributed by atoms with Gasteiger partial charge in [-0.1, -0.05) is 27.7 Å². The Labute approximate surface area is 98.3 Å². The molecule has 2 heteroatoms. The SMILES string of the molecule is CC(C)C1(C(C)C)Cc2ccncc2[C@H]1N. The second-order valence-electron chi connectivity index (χ2n) is 5.65. The van der Waals surface area contributed by atoms with Gasteiger partial charge in [-0.2, -0.15) is 0 Å². The average Bonchev–Trinajstić information content (AvgIpc) is 2.54. The van der Waals surface area contributed by atoms with Gasteiger partial charge < -0.3 is 5.73 Å². The Hall–Kier alpha value is -0.890. The first kappa shape index (κ1) is 11.6. The largest absolute Gasteiger partial charge is 0.323 e. The Balaban J connectivity index is 2.49. The zero-order chi connectivity index (χ0) is 11.9. The van der Waals surface area contributed by atoms with Crippen molar-refractivity contribution in [1.82, 2.24) is 4.98 Å². The van der Waals surface area contributed by atoms with Crippen LogP contribution < -0.4 is 5.73 Å². The van der Waals surface area contributed by atoms with Crippen molar-refractivity contribution < 1.29 is 0 Å². The number of fused-ring (bicyclic) bond motifs is 1. The molecule has 0 saturated heterocycles. The fourth-order valence-corrected chi connectivity index (χ4v) is 3.40. The molecule has 0 aromatic carbocycles. The summed E-state index contributed by atoms with van der Waals surface area (Å²) in [6.45, 7) is 9.16. The van der Waals surface area contributed by atoms with Crippen LogP contribution in [-0.4, -0.2) is 4.98 Å². The second-order valence-corrected chi connectivity index (χ2v) is 5.65. The van der Waals surface area contributed by atoms with Crippen LogP contribution in [0.1, 0.15) is 44.9 Å².